The van der Waals surface area contributed by atoms with Crippen molar-refractivity contribution >= 4 is 11.9 Å². The van der Waals surface area contributed by atoms with E-state index in [-0.39, 0.29) is 18.8 Å². The van der Waals surface area contributed by atoms with Crippen LogP contribution in [-0.2, 0) is 19.1 Å². The fourth-order valence-corrected chi connectivity index (χ4v) is 0.667. The van der Waals surface area contributed by atoms with Gasteiger partial charge in [-0.3, -0.25) is 0 Å². The molecule has 0 rings (SSSR count). The summed E-state index contributed by atoms with van der Waals surface area (Å²) in [4.78, 5) is 22.2. The Hall–Kier alpha value is -1.84. The van der Waals surface area contributed by atoms with Gasteiger partial charge in [-0.25, -0.2) is 9.59 Å². The van der Waals surface area contributed by atoms with Crippen molar-refractivity contribution in [1.29, 1.82) is 0 Å². The summed E-state index contributed by atoms with van der Waals surface area (Å²) in [6.45, 7) is 8.49. The van der Waals surface area contributed by atoms with Crippen molar-refractivity contribution in [2.45, 2.75) is 6.92 Å². The summed E-state index contributed by atoms with van der Waals surface area (Å²) in [6, 6.07) is 0. The van der Waals surface area contributed by atoms with E-state index in [1.165, 1.54) is 19.1 Å². The van der Waals surface area contributed by atoms with Gasteiger partial charge in [0.2, 0.25) is 0 Å². The molecule has 0 saturated heterocycles. The molecular weight excluding hydrogens is 196 g/mol. The van der Waals surface area contributed by atoms with E-state index in [2.05, 4.69) is 17.9 Å². The van der Waals surface area contributed by atoms with Crippen LogP contribution in [0, 0.1) is 0 Å². The molecular formula is C11H14O4. The Morgan fingerprint density at radius 3 is 2.20 bits per heavy atom. The molecule has 0 bridgehead atoms. The second kappa shape index (κ2) is 7.55. The summed E-state index contributed by atoms with van der Waals surface area (Å²) >= 11 is 0. The van der Waals surface area contributed by atoms with Crippen LogP contribution in [0.15, 0.2) is 37.0 Å². The molecule has 0 unspecified atom stereocenters. The molecule has 0 saturated carbocycles. The van der Waals surface area contributed by atoms with E-state index in [0.717, 1.165) is 6.08 Å². The van der Waals surface area contributed by atoms with Crippen molar-refractivity contribution in [2.24, 2.45) is 0 Å². The number of carbonyl (C=O) groups is 2. The van der Waals surface area contributed by atoms with Crippen LogP contribution >= 0.6 is 0 Å². The maximum Gasteiger partial charge on any atom is 0.334 e. The van der Waals surface area contributed by atoms with Gasteiger partial charge < -0.3 is 9.47 Å². The van der Waals surface area contributed by atoms with E-state index in [1.54, 1.807) is 0 Å². The summed E-state index contributed by atoms with van der Waals surface area (Å²) in [5.41, 5.74) is 0.186. The molecule has 0 aliphatic carbocycles. The lowest BCUT2D eigenvalue weighted by atomic mass is 10.3. The highest BCUT2D eigenvalue weighted by molar-refractivity contribution is 5.95. The molecule has 4 heteroatoms. The zero-order chi connectivity index (χ0) is 11.7. The minimum atomic E-state index is -0.594. The van der Waals surface area contributed by atoms with Crippen LogP contribution in [0.3, 0.4) is 0 Å². The van der Waals surface area contributed by atoms with E-state index in [0.29, 0.717) is 0 Å². The standard InChI is InChI=1S/C11H14O4/c1-4-6-14-10(12)8-9(3)11(13)15-7-5-2/h4-5,8H,1-2,6-7H2,3H3/b9-8+. The Morgan fingerprint density at radius 2 is 1.67 bits per heavy atom. The highest BCUT2D eigenvalue weighted by Gasteiger charge is 2.07. The van der Waals surface area contributed by atoms with Crippen molar-refractivity contribution in [3.63, 3.8) is 0 Å². The quantitative estimate of drug-likeness (QED) is 0.377. The average molecular weight is 210 g/mol. The average Bonchev–Trinajstić information content (AvgIpc) is 2.22. The van der Waals surface area contributed by atoms with Gasteiger partial charge in [0.05, 0.1) is 0 Å². The molecule has 0 atom stereocenters. The Labute approximate surface area is 88.9 Å². The predicted molar refractivity (Wildman–Crippen MR) is 56.1 cm³/mol. The molecule has 0 N–H and O–H groups in total. The molecule has 0 aromatic carbocycles. The summed E-state index contributed by atoms with van der Waals surface area (Å²) in [6.07, 6.45) is 3.97. The third-order valence-electron chi connectivity index (χ3n) is 1.33. The van der Waals surface area contributed by atoms with Crippen molar-refractivity contribution in [2.75, 3.05) is 13.2 Å². The summed E-state index contributed by atoms with van der Waals surface area (Å²) in [5, 5.41) is 0. The molecule has 15 heavy (non-hydrogen) atoms. The van der Waals surface area contributed by atoms with Gasteiger partial charge in [0.1, 0.15) is 13.2 Å². The zero-order valence-corrected chi connectivity index (χ0v) is 8.69. The second-order valence-electron chi connectivity index (χ2n) is 2.63. The minimum absolute atomic E-state index is 0.115. The molecule has 0 aromatic rings. The largest absolute Gasteiger partial charge is 0.458 e. The lowest BCUT2D eigenvalue weighted by molar-refractivity contribution is -0.140. The maximum absolute atomic E-state index is 11.1. The Morgan fingerprint density at radius 1 is 1.13 bits per heavy atom. The van der Waals surface area contributed by atoms with Crippen LogP contribution in [0.5, 0.6) is 0 Å². The Balaban J connectivity index is 4.15. The number of ether oxygens (including phenoxy) is 2. The summed E-state index contributed by atoms with van der Waals surface area (Å²) < 4.78 is 9.36. The highest BCUT2D eigenvalue weighted by atomic mass is 16.5. The highest BCUT2D eigenvalue weighted by Crippen LogP contribution is 1.97. The summed E-state index contributed by atoms with van der Waals surface area (Å²) in [5.74, 6) is -1.16. The van der Waals surface area contributed by atoms with E-state index in [1.807, 2.05) is 0 Å². The zero-order valence-electron chi connectivity index (χ0n) is 8.69. The van der Waals surface area contributed by atoms with Gasteiger partial charge in [-0.15, -0.1) is 0 Å². The van der Waals surface area contributed by atoms with E-state index < -0.39 is 11.9 Å². The van der Waals surface area contributed by atoms with Crippen molar-refractivity contribution < 1.29 is 19.1 Å². The monoisotopic (exact) mass is 210 g/mol. The molecule has 0 aliphatic rings. The third-order valence-corrected chi connectivity index (χ3v) is 1.33. The van der Waals surface area contributed by atoms with Crippen molar-refractivity contribution in [3.8, 4) is 0 Å². The first-order valence-electron chi connectivity index (χ1n) is 4.35. The normalized spacial score (nSPS) is 10.3. The van der Waals surface area contributed by atoms with E-state index in [9.17, 15) is 9.59 Å². The molecule has 0 radical (unpaired) electrons. The topological polar surface area (TPSA) is 52.6 Å². The van der Waals surface area contributed by atoms with Gasteiger partial charge in [0, 0.05) is 11.6 Å². The second-order valence-corrected chi connectivity index (χ2v) is 2.63. The number of hydrogen-bond donors (Lipinski definition) is 0. The van der Waals surface area contributed by atoms with Gasteiger partial charge >= 0.3 is 11.9 Å². The van der Waals surface area contributed by atoms with Gasteiger partial charge in [-0.2, -0.15) is 0 Å². The first-order valence-corrected chi connectivity index (χ1v) is 4.35. The molecule has 0 spiro atoms. The molecule has 0 aliphatic heterocycles. The fraction of sp³-hybridized carbons (Fsp3) is 0.273. The van der Waals surface area contributed by atoms with Crippen molar-refractivity contribution in [3.05, 3.63) is 37.0 Å². The van der Waals surface area contributed by atoms with Crippen molar-refractivity contribution in [1.82, 2.24) is 0 Å². The third kappa shape index (κ3) is 6.26. The lowest BCUT2D eigenvalue weighted by Crippen LogP contribution is -2.09. The first-order chi connectivity index (χ1) is 7.11. The van der Waals surface area contributed by atoms with Crippen LogP contribution in [0.2, 0.25) is 0 Å². The molecule has 0 amide bonds. The minimum Gasteiger partial charge on any atom is -0.458 e. The number of carbonyl (C=O) groups excluding carboxylic acids is 2. The van der Waals surface area contributed by atoms with E-state index >= 15 is 0 Å². The van der Waals surface area contributed by atoms with E-state index in [4.69, 9.17) is 4.74 Å². The maximum atomic E-state index is 11.1. The van der Waals surface area contributed by atoms with Crippen LogP contribution < -0.4 is 0 Å². The molecule has 0 heterocycles. The number of rotatable bonds is 6. The fourth-order valence-electron chi connectivity index (χ4n) is 0.667. The first kappa shape index (κ1) is 13.2. The van der Waals surface area contributed by atoms with Gasteiger partial charge in [-0.1, -0.05) is 25.3 Å². The smallest absolute Gasteiger partial charge is 0.334 e. The number of hydrogen-bond acceptors (Lipinski definition) is 4. The van der Waals surface area contributed by atoms with Crippen LogP contribution in [0.25, 0.3) is 0 Å². The van der Waals surface area contributed by atoms with Crippen LogP contribution in [0.1, 0.15) is 6.92 Å². The number of esters is 2. The predicted octanol–water partition coefficient (Wildman–Crippen LogP) is 1.39. The molecule has 0 fully saturated rings. The molecule has 82 valence electrons. The SMILES string of the molecule is C=CCOC(=O)/C=C(\C)C(=O)OCC=C. The summed E-state index contributed by atoms with van der Waals surface area (Å²) in [7, 11) is 0. The van der Waals surface area contributed by atoms with Gasteiger partial charge in [0.25, 0.3) is 0 Å². The van der Waals surface area contributed by atoms with Crippen LogP contribution in [0.4, 0.5) is 0 Å². The lowest BCUT2D eigenvalue weighted by Gasteiger charge is -2.01. The van der Waals surface area contributed by atoms with Gasteiger partial charge in [0.15, 0.2) is 0 Å². The Kier molecular flexibility index (Phi) is 6.63. The van der Waals surface area contributed by atoms with Crippen LogP contribution in [-0.4, -0.2) is 25.2 Å². The Bertz CT molecular complexity index is 289. The van der Waals surface area contributed by atoms with Gasteiger partial charge in [-0.05, 0) is 6.92 Å². The molecule has 4 nitrogen and oxygen atoms in total. The molecule has 0 aromatic heterocycles.